The van der Waals surface area contributed by atoms with Crippen LogP contribution in [0.5, 0.6) is 0 Å². The number of allylic oxidation sites excluding steroid dienone is 3. The lowest BCUT2D eigenvalue weighted by atomic mass is 10.00. The van der Waals surface area contributed by atoms with E-state index >= 15 is 0 Å². The number of carbonyl (C=O) groups excluding carboxylic acids is 1. The second kappa shape index (κ2) is 7.43. The Morgan fingerprint density at radius 1 is 0.875 bits per heavy atom. The molecule has 4 rings (SSSR count). The molecule has 0 aliphatic carbocycles. The number of carbonyl (C=O) groups is 1. The van der Waals surface area contributed by atoms with Crippen LogP contribution in [0.1, 0.15) is 29.3 Å². The fourth-order valence-corrected chi connectivity index (χ4v) is 3.24. The fraction of sp³-hybridized carbons (Fsp3) is 0.143. The van der Waals surface area contributed by atoms with Crippen molar-refractivity contribution in [3.05, 3.63) is 88.6 Å². The van der Waals surface area contributed by atoms with E-state index in [0.29, 0.717) is 16.8 Å². The Morgan fingerprint density at radius 3 is 2.09 bits per heavy atom. The van der Waals surface area contributed by atoms with Crippen molar-refractivity contribution in [3.8, 4) is 0 Å². The average molecular weight is 452 g/mol. The summed E-state index contributed by atoms with van der Waals surface area (Å²) in [6.07, 6.45) is -5.29. The normalized spacial score (nSPS) is 16.7. The van der Waals surface area contributed by atoms with Gasteiger partial charge in [0, 0.05) is 29.1 Å². The molecular weight excluding hydrogens is 438 g/mol. The molecule has 0 fully saturated rings. The summed E-state index contributed by atoms with van der Waals surface area (Å²) in [5, 5.41) is 4.13. The largest absolute Gasteiger partial charge is 0.433 e. The number of amides is 1. The van der Waals surface area contributed by atoms with Gasteiger partial charge in [0.15, 0.2) is 0 Å². The molecule has 2 aromatic rings. The summed E-state index contributed by atoms with van der Waals surface area (Å²) < 4.78 is 76.7. The molecule has 11 heteroatoms. The van der Waals surface area contributed by atoms with Gasteiger partial charge >= 0.3 is 12.4 Å². The van der Waals surface area contributed by atoms with Gasteiger partial charge in [-0.3, -0.25) is 15.2 Å². The molecular formula is C21H14F6N4O. The van der Waals surface area contributed by atoms with Crippen molar-refractivity contribution in [2.24, 2.45) is 0 Å². The van der Waals surface area contributed by atoms with Crippen molar-refractivity contribution in [1.82, 2.24) is 20.7 Å². The number of hydrazine groups is 1. The van der Waals surface area contributed by atoms with Crippen LogP contribution in [0.2, 0.25) is 0 Å². The number of rotatable bonds is 2. The lowest BCUT2D eigenvalue weighted by Gasteiger charge is -2.35. The summed E-state index contributed by atoms with van der Waals surface area (Å²) >= 11 is 0. The number of hydrogen-bond donors (Lipinski definition) is 2. The van der Waals surface area contributed by atoms with Gasteiger partial charge in [0.25, 0.3) is 5.91 Å². The monoisotopic (exact) mass is 452 g/mol. The molecule has 3 heterocycles. The molecule has 2 aliphatic rings. The van der Waals surface area contributed by atoms with E-state index in [0.717, 1.165) is 24.4 Å². The molecule has 2 aliphatic heterocycles. The van der Waals surface area contributed by atoms with Crippen LogP contribution in [0.3, 0.4) is 0 Å². The molecule has 0 unspecified atom stereocenters. The number of nitrogens with one attached hydrogen (secondary N) is 2. The second-order valence-electron chi connectivity index (χ2n) is 7.04. The molecule has 166 valence electrons. The first-order valence-corrected chi connectivity index (χ1v) is 9.17. The molecule has 1 aromatic carbocycles. The second-order valence-corrected chi connectivity index (χ2v) is 7.04. The molecule has 0 bridgehead atoms. The van der Waals surface area contributed by atoms with E-state index in [4.69, 9.17) is 0 Å². The summed E-state index contributed by atoms with van der Waals surface area (Å²) in [7, 11) is 0. The minimum Gasteiger partial charge on any atom is -0.339 e. The number of nitrogens with zero attached hydrogens (tertiary/aromatic N) is 2. The Labute approximate surface area is 177 Å². The minimum atomic E-state index is -4.59. The predicted octanol–water partition coefficient (Wildman–Crippen LogP) is 4.68. The summed E-state index contributed by atoms with van der Waals surface area (Å²) in [6.45, 7) is 1.66. The lowest BCUT2D eigenvalue weighted by molar-refractivity contribution is -0.141. The molecule has 0 radical (unpaired) electrons. The van der Waals surface area contributed by atoms with Crippen molar-refractivity contribution in [2.75, 3.05) is 0 Å². The van der Waals surface area contributed by atoms with E-state index < -0.39 is 29.5 Å². The zero-order chi connectivity index (χ0) is 23.3. The zero-order valence-corrected chi connectivity index (χ0v) is 16.3. The van der Waals surface area contributed by atoms with Gasteiger partial charge in [0.2, 0.25) is 0 Å². The molecule has 1 amide bonds. The fourth-order valence-electron chi connectivity index (χ4n) is 3.24. The van der Waals surface area contributed by atoms with Crippen molar-refractivity contribution in [3.63, 3.8) is 0 Å². The van der Waals surface area contributed by atoms with Gasteiger partial charge in [0.1, 0.15) is 11.5 Å². The number of benzene rings is 1. The highest BCUT2D eigenvalue weighted by atomic mass is 19.4. The van der Waals surface area contributed by atoms with Crippen molar-refractivity contribution < 1.29 is 31.1 Å². The van der Waals surface area contributed by atoms with Crippen LogP contribution < -0.4 is 10.7 Å². The van der Waals surface area contributed by atoms with E-state index in [1.807, 2.05) is 0 Å². The van der Waals surface area contributed by atoms with Gasteiger partial charge in [-0.05, 0) is 42.8 Å². The summed E-state index contributed by atoms with van der Waals surface area (Å²) in [5.41, 5.74) is 3.05. The predicted molar refractivity (Wildman–Crippen MR) is 102 cm³/mol. The van der Waals surface area contributed by atoms with E-state index in [1.165, 1.54) is 29.3 Å². The summed E-state index contributed by atoms with van der Waals surface area (Å²) in [4.78, 5) is 15.9. The SMILES string of the molecule is CC1=C(c2ccc(C(F)(F)F)cc2)C=C2NC(c3ccc(C(F)(F)F)nc3)=CC(=O)N2N1. The molecule has 2 N–H and O–H groups in total. The third-order valence-corrected chi connectivity index (χ3v) is 4.84. The first kappa shape index (κ1) is 21.5. The minimum absolute atomic E-state index is 0.229. The Morgan fingerprint density at radius 2 is 1.53 bits per heavy atom. The van der Waals surface area contributed by atoms with Gasteiger partial charge in [-0.25, -0.2) is 5.01 Å². The van der Waals surface area contributed by atoms with Crippen molar-refractivity contribution in [2.45, 2.75) is 19.3 Å². The molecule has 0 saturated carbocycles. The molecule has 0 spiro atoms. The van der Waals surface area contributed by atoms with E-state index in [1.54, 1.807) is 13.0 Å². The highest BCUT2D eigenvalue weighted by molar-refractivity contribution is 5.99. The van der Waals surface area contributed by atoms with Crippen LogP contribution in [-0.2, 0) is 17.1 Å². The zero-order valence-electron chi connectivity index (χ0n) is 16.3. The Balaban J connectivity index is 1.63. The first-order chi connectivity index (χ1) is 14.9. The van der Waals surface area contributed by atoms with Crippen molar-refractivity contribution in [1.29, 1.82) is 0 Å². The third kappa shape index (κ3) is 4.05. The Hall–Kier alpha value is -3.76. The molecule has 5 nitrogen and oxygen atoms in total. The van der Waals surface area contributed by atoms with E-state index in [2.05, 4.69) is 15.7 Å². The Bertz CT molecular complexity index is 1160. The topological polar surface area (TPSA) is 57.3 Å². The molecule has 0 saturated heterocycles. The first-order valence-electron chi connectivity index (χ1n) is 9.17. The molecule has 0 atom stereocenters. The highest BCUT2D eigenvalue weighted by Gasteiger charge is 2.33. The maximum atomic E-state index is 12.8. The van der Waals surface area contributed by atoms with Crippen molar-refractivity contribution >= 4 is 17.2 Å². The van der Waals surface area contributed by atoms with Crippen LogP contribution in [0.25, 0.3) is 11.3 Å². The number of hydrogen-bond acceptors (Lipinski definition) is 4. The maximum Gasteiger partial charge on any atom is 0.433 e. The van der Waals surface area contributed by atoms with Crippen LogP contribution in [0, 0.1) is 0 Å². The third-order valence-electron chi connectivity index (χ3n) is 4.84. The summed E-state index contributed by atoms with van der Waals surface area (Å²) in [5.74, 6) is -0.233. The number of alkyl halides is 6. The summed E-state index contributed by atoms with van der Waals surface area (Å²) in [6, 6.07) is 6.54. The Kier molecular flexibility index (Phi) is 4.99. The smallest absolute Gasteiger partial charge is 0.339 e. The van der Waals surface area contributed by atoms with Crippen LogP contribution in [0.4, 0.5) is 26.3 Å². The highest BCUT2D eigenvalue weighted by Crippen LogP contribution is 2.33. The van der Waals surface area contributed by atoms with Crippen LogP contribution >= 0.6 is 0 Å². The number of fused-ring (bicyclic) bond motifs is 1. The van der Waals surface area contributed by atoms with Gasteiger partial charge in [-0.1, -0.05) is 12.1 Å². The van der Waals surface area contributed by atoms with Gasteiger partial charge in [0.05, 0.1) is 11.3 Å². The van der Waals surface area contributed by atoms with Gasteiger partial charge < -0.3 is 5.32 Å². The van der Waals surface area contributed by atoms with Gasteiger partial charge in [-0.15, -0.1) is 0 Å². The lowest BCUT2D eigenvalue weighted by Crippen LogP contribution is -2.49. The van der Waals surface area contributed by atoms with E-state index in [-0.39, 0.29) is 17.1 Å². The number of halogens is 6. The molecule has 1 aromatic heterocycles. The number of pyridine rings is 1. The quantitative estimate of drug-likeness (QED) is 0.650. The number of aromatic nitrogens is 1. The van der Waals surface area contributed by atoms with Crippen LogP contribution in [0.15, 0.2) is 66.3 Å². The molecule has 32 heavy (non-hydrogen) atoms. The van der Waals surface area contributed by atoms with Gasteiger partial charge in [-0.2, -0.15) is 26.3 Å². The van der Waals surface area contributed by atoms with E-state index in [9.17, 15) is 31.1 Å². The average Bonchev–Trinajstić information content (AvgIpc) is 2.73. The van der Waals surface area contributed by atoms with Crippen LogP contribution in [-0.4, -0.2) is 15.9 Å². The standard InChI is InChI=1S/C21H14F6N4O/c1-11-15(12-2-5-14(6-3-12)20(22,23)24)8-18-29-16(9-19(32)31(18)30-11)13-4-7-17(28-10-13)21(25,26)27/h2-10,29-30H,1H3. The maximum absolute atomic E-state index is 12.8.